The summed E-state index contributed by atoms with van der Waals surface area (Å²) in [6.45, 7) is 3.80. The van der Waals surface area contributed by atoms with E-state index in [0.29, 0.717) is 10.6 Å². The first kappa shape index (κ1) is 13.3. The van der Waals surface area contributed by atoms with Gasteiger partial charge in [-0.1, -0.05) is 24.6 Å². The summed E-state index contributed by atoms with van der Waals surface area (Å²) in [6, 6.07) is 4.72. The predicted octanol–water partition coefficient (Wildman–Crippen LogP) is 4.37. The zero-order valence-electron chi connectivity index (χ0n) is 9.11. The number of benzene rings is 1. The number of nitro benzene ring substituents is 1. The average Bonchev–Trinajstić information content (AvgIpc) is 2.20. The molecule has 3 nitrogen and oxygen atoms in total. The molecule has 0 heterocycles. The van der Waals surface area contributed by atoms with Crippen LogP contribution in [0.2, 0.25) is 5.02 Å². The van der Waals surface area contributed by atoms with Crippen LogP contribution in [0, 0.1) is 10.1 Å². The molecule has 5 heteroatoms. The van der Waals surface area contributed by atoms with E-state index < -0.39 is 4.92 Å². The third-order valence-electron chi connectivity index (χ3n) is 2.58. The first-order chi connectivity index (χ1) is 7.47. The number of alkyl halides is 1. The van der Waals surface area contributed by atoms with Crippen LogP contribution in [0.25, 0.3) is 0 Å². The molecule has 1 rings (SSSR count). The molecule has 16 heavy (non-hydrogen) atoms. The molecule has 0 aliphatic rings. The highest BCUT2D eigenvalue weighted by Gasteiger charge is 2.24. The van der Waals surface area contributed by atoms with Crippen molar-refractivity contribution in [3.8, 4) is 0 Å². The number of rotatable bonds is 4. The first-order valence-electron chi connectivity index (χ1n) is 5.05. The van der Waals surface area contributed by atoms with E-state index in [-0.39, 0.29) is 17.0 Å². The van der Waals surface area contributed by atoms with Gasteiger partial charge < -0.3 is 0 Å². The Hall–Kier alpha value is -0.800. The second-order valence-corrected chi connectivity index (χ2v) is 4.78. The van der Waals surface area contributed by atoms with Crippen molar-refractivity contribution in [3.63, 3.8) is 0 Å². The van der Waals surface area contributed by atoms with Gasteiger partial charge in [0.05, 0.1) is 4.92 Å². The molecule has 2 unspecified atom stereocenters. The lowest BCUT2D eigenvalue weighted by molar-refractivity contribution is -0.385. The summed E-state index contributed by atoms with van der Waals surface area (Å²) >= 11 is 11.8. The summed E-state index contributed by atoms with van der Waals surface area (Å²) in [5.41, 5.74) is 0.700. The Morgan fingerprint density at radius 3 is 2.56 bits per heavy atom. The van der Waals surface area contributed by atoms with E-state index in [4.69, 9.17) is 23.2 Å². The van der Waals surface area contributed by atoms with Gasteiger partial charge in [-0.3, -0.25) is 10.1 Å². The van der Waals surface area contributed by atoms with Crippen molar-refractivity contribution in [1.29, 1.82) is 0 Å². The summed E-state index contributed by atoms with van der Waals surface area (Å²) < 4.78 is 0. The Morgan fingerprint density at radius 1 is 1.50 bits per heavy atom. The molecule has 0 spiro atoms. The Kier molecular flexibility index (Phi) is 4.56. The van der Waals surface area contributed by atoms with Gasteiger partial charge in [0.1, 0.15) is 0 Å². The zero-order chi connectivity index (χ0) is 12.3. The van der Waals surface area contributed by atoms with Crippen LogP contribution < -0.4 is 0 Å². The third-order valence-corrected chi connectivity index (χ3v) is 3.12. The second kappa shape index (κ2) is 5.51. The fraction of sp³-hybridized carbons (Fsp3) is 0.455. The van der Waals surface area contributed by atoms with Gasteiger partial charge in [0.25, 0.3) is 5.69 Å². The summed E-state index contributed by atoms with van der Waals surface area (Å²) in [6.07, 6.45) is 0.757. The minimum absolute atomic E-state index is 0.0284. The normalized spacial score (nSPS) is 14.5. The van der Waals surface area contributed by atoms with Gasteiger partial charge in [0, 0.05) is 27.9 Å². The standard InChI is InChI=1S/C11H13Cl2NO2/c1-3-9(7(2)12)10-5-4-8(13)6-11(10)14(15)16/h4-7,9H,3H2,1-2H3. The van der Waals surface area contributed by atoms with Gasteiger partial charge in [0.15, 0.2) is 0 Å². The number of halogens is 2. The van der Waals surface area contributed by atoms with E-state index >= 15 is 0 Å². The van der Waals surface area contributed by atoms with E-state index in [9.17, 15) is 10.1 Å². The fourth-order valence-electron chi connectivity index (χ4n) is 1.78. The molecule has 0 radical (unpaired) electrons. The van der Waals surface area contributed by atoms with Crippen molar-refractivity contribution >= 4 is 28.9 Å². The molecule has 0 saturated carbocycles. The lowest BCUT2D eigenvalue weighted by Crippen LogP contribution is -2.10. The van der Waals surface area contributed by atoms with E-state index in [1.807, 2.05) is 13.8 Å². The molecule has 0 aromatic heterocycles. The number of nitro groups is 1. The zero-order valence-corrected chi connectivity index (χ0v) is 10.6. The van der Waals surface area contributed by atoms with E-state index in [0.717, 1.165) is 6.42 Å². The van der Waals surface area contributed by atoms with Crippen molar-refractivity contribution in [2.45, 2.75) is 31.6 Å². The molecule has 88 valence electrons. The predicted molar refractivity (Wildman–Crippen MR) is 66.5 cm³/mol. The maximum Gasteiger partial charge on any atom is 0.274 e. The van der Waals surface area contributed by atoms with Crippen LogP contribution in [0.15, 0.2) is 18.2 Å². The van der Waals surface area contributed by atoms with Gasteiger partial charge >= 0.3 is 0 Å². The molecule has 0 bridgehead atoms. The lowest BCUT2D eigenvalue weighted by atomic mass is 9.92. The van der Waals surface area contributed by atoms with E-state index in [2.05, 4.69) is 0 Å². The van der Waals surface area contributed by atoms with E-state index in [1.165, 1.54) is 6.07 Å². The molecule has 1 aromatic rings. The highest BCUT2D eigenvalue weighted by Crippen LogP contribution is 2.34. The number of hydrogen-bond donors (Lipinski definition) is 0. The molecule has 1 aromatic carbocycles. The monoisotopic (exact) mass is 261 g/mol. The molecule has 0 fully saturated rings. The quantitative estimate of drug-likeness (QED) is 0.459. The summed E-state index contributed by atoms with van der Waals surface area (Å²) in [5, 5.41) is 11.1. The SMILES string of the molecule is CCC(c1ccc(Cl)cc1[N+](=O)[O-])C(C)Cl. The third kappa shape index (κ3) is 2.86. The highest BCUT2D eigenvalue weighted by molar-refractivity contribution is 6.30. The van der Waals surface area contributed by atoms with Crippen LogP contribution in [0.3, 0.4) is 0 Å². The van der Waals surface area contributed by atoms with Crippen molar-refractivity contribution in [3.05, 3.63) is 38.9 Å². The summed E-state index contributed by atoms with van der Waals surface area (Å²) in [7, 11) is 0. The molecule has 0 amide bonds. The highest BCUT2D eigenvalue weighted by atomic mass is 35.5. The van der Waals surface area contributed by atoms with Crippen LogP contribution in [-0.2, 0) is 0 Å². The number of hydrogen-bond acceptors (Lipinski definition) is 2. The van der Waals surface area contributed by atoms with Gasteiger partial charge in [-0.15, -0.1) is 11.6 Å². The minimum Gasteiger partial charge on any atom is -0.258 e. The van der Waals surface area contributed by atoms with Crippen molar-refractivity contribution in [2.24, 2.45) is 0 Å². The van der Waals surface area contributed by atoms with Gasteiger partial charge in [-0.05, 0) is 19.4 Å². The van der Waals surface area contributed by atoms with Crippen molar-refractivity contribution in [2.75, 3.05) is 0 Å². The maximum absolute atomic E-state index is 10.9. The van der Waals surface area contributed by atoms with Crippen LogP contribution in [0.1, 0.15) is 31.7 Å². The second-order valence-electron chi connectivity index (χ2n) is 3.65. The largest absolute Gasteiger partial charge is 0.274 e. The molecule has 0 saturated heterocycles. The molecule has 0 aliphatic heterocycles. The smallest absolute Gasteiger partial charge is 0.258 e. The first-order valence-corrected chi connectivity index (χ1v) is 5.86. The minimum atomic E-state index is -0.414. The van der Waals surface area contributed by atoms with Gasteiger partial charge in [0.2, 0.25) is 0 Å². The lowest BCUT2D eigenvalue weighted by Gasteiger charge is -2.17. The molecule has 0 N–H and O–H groups in total. The molecular formula is C11H13Cl2NO2. The van der Waals surface area contributed by atoms with Crippen molar-refractivity contribution < 1.29 is 4.92 Å². The molecule has 0 aliphatic carbocycles. The maximum atomic E-state index is 10.9. The van der Waals surface area contributed by atoms with Crippen LogP contribution >= 0.6 is 23.2 Å². The summed E-state index contributed by atoms with van der Waals surface area (Å²) in [5.74, 6) is -0.0284. The Morgan fingerprint density at radius 2 is 2.12 bits per heavy atom. The Bertz CT molecular complexity index is 394. The summed E-state index contributed by atoms with van der Waals surface area (Å²) in [4.78, 5) is 10.5. The fourth-order valence-corrected chi connectivity index (χ4v) is 2.26. The Labute approximate surface area is 105 Å². The van der Waals surface area contributed by atoms with Gasteiger partial charge in [-0.25, -0.2) is 0 Å². The van der Waals surface area contributed by atoms with Crippen molar-refractivity contribution in [1.82, 2.24) is 0 Å². The topological polar surface area (TPSA) is 43.1 Å². The van der Waals surface area contributed by atoms with E-state index in [1.54, 1.807) is 12.1 Å². The average molecular weight is 262 g/mol. The molecular weight excluding hydrogens is 249 g/mol. The Balaban J connectivity index is 3.26. The van der Waals surface area contributed by atoms with Crippen LogP contribution in [0.4, 0.5) is 5.69 Å². The van der Waals surface area contributed by atoms with Gasteiger partial charge in [-0.2, -0.15) is 0 Å². The van der Waals surface area contributed by atoms with Crippen LogP contribution in [0.5, 0.6) is 0 Å². The number of nitrogens with zero attached hydrogens (tertiary/aromatic N) is 1. The van der Waals surface area contributed by atoms with Crippen LogP contribution in [-0.4, -0.2) is 10.3 Å². The molecule has 2 atom stereocenters.